The minimum Gasteiger partial charge on any atom is -0.457 e. The lowest BCUT2D eigenvalue weighted by atomic mass is 9.98. The van der Waals surface area contributed by atoms with Gasteiger partial charge in [0.05, 0.1) is 26.4 Å². The highest BCUT2D eigenvalue weighted by Gasteiger charge is 2.47. The Kier molecular flexibility index (Phi) is 40.1. The number of aliphatic hydroxyl groups excluding tert-OH is 7. The standard InChI is InChI=1S/C59H94O14/c1-3-5-7-9-11-13-15-17-19-20-21-22-23-24-25-26-27-29-31-33-35-37-39-41-43-68-45-48(71-51(61)42-40-38-36-34-32-30-28-18-16-14-12-10-8-6-4-2)46-69-58-57(67)55(65)53(63)50(73-58)47-70-59-56(66)54(64)52(62)49(44-60)72-59/h5-8,11-14,17-19,21-22,24-25,27-29,32,34,48-50,52-60,62-67H,3-4,9-10,15-16,20,23,26,30-31,33,35-47H2,1-2H3/b7-5-,8-6-,13-11-,14-12-,19-17-,22-21-,25-24-,28-18-,29-27-,34-32-. The molecule has 414 valence electrons. The van der Waals surface area contributed by atoms with Crippen LogP contribution in [0.1, 0.15) is 142 Å². The number of unbranched alkanes of at least 4 members (excludes halogenated alkanes) is 7. The van der Waals surface area contributed by atoms with Crippen LogP contribution in [0.2, 0.25) is 0 Å². The van der Waals surface area contributed by atoms with Crippen molar-refractivity contribution in [2.45, 2.75) is 210 Å². The van der Waals surface area contributed by atoms with Gasteiger partial charge in [0.1, 0.15) is 54.9 Å². The molecule has 2 fully saturated rings. The number of aliphatic hydroxyl groups is 7. The van der Waals surface area contributed by atoms with Crippen molar-refractivity contribution >= 4 is 5.97 Å². The Balaban J connectivity index is 1.76. The second kappa shape index (κ2) is 44.7. The number of esters is 1. The topological polar surface area (TPSA) is 214 Å². The van der Waals surface area contributed by atoms with E-state index < -0.39 is 86.7 Å². The summed E-state index contributed by atoms with van der Waals surface area (Å²) in [5, 5.41) is 72.2. The molecule has 0 radical (unpaired) electrons. The van der Waals surface area contributed by atoms with Gasteiger partial charge >= 0.3 is 5.97 Å². The quantitative estimate of drug-likeness (QED) is 0.0173. The Bertz CT molecular complexity index is 1660. The van der Waals surface area contributed by atoms with Crippen LogP contribution >= 0.6 is 0 Å². The summed E-state index contributed by atoms with van der Waals surface area (Å²) in [6.07, 6.45) is 45.5. The third-order valence-corrected chi connectivity index (χ3v) is 12.0. The van der Waals surface area contributed by atoms with Crippen molar-refractivity contribution in [2.75, 3.05) is 33.0 Å². The van der Waals surface area contributed by atoms with Crippen LogP contribution in [0.15, 0.2) is 122 Å². The first kappa shape index (κ1) is 65.5. The molecule has 0 aliphatic carbocycles. The average molecular weight is 1030 g/mol. The van der Waals surface area contributed by atoms with E-state index in [1.165, 1.54) is 0 Å². The minimum atomic E-state index is -1.73. The lowest BCUT2D eigenvalue weighted by Crippen LogP contribution is -2.61. The van der Waals surface area contributed by atoms with Gasteiger partial charge in [0, 0.05) is 13.0 Å². The molecular weight excluding hydrogens is 933 g/mol. The number of allylic oxidation sites excluding steroid dienone is 20. The van der Waals surface area contributed by atoms with Crippen molar-refractivity contribution in [3.05, 3.63) is 122 Å². The van der Waals surface area contributed by atoms with Crippen LogP contribution < -0.4 is 0 Å². The maximum Gasteiger partial charge on any atom is 0.306 e. The molecule has 14 heteroatoms. The van der Waals surface area contributed by atoms with Crippen LogP contribution in [0.3, 0.4) is 0 Å². The molecule has 0 aromatic heterocycles. The molecule has 0 bridgehead atoms. The van der Waals surface area contributed by atoms with Gasteiger partial charge in [0.25, 0.3) is 0 Å². The molecule has 2 saturated heterocycles. The fraction of sp³-hybridized carbons (Fsp3) is 0.644. The molecule has 2 aliphatic heterocycles. The van der Waals surface area contributed by atoms with E-state index in [4.69, 9.17) is 28.4 Å². The molecule has 0 aromatic rings. The lowest BCUT2D eigenvalue weighted by Gasteiger charge is -2.42. The zero-order valence-corrected chi connectivity index (χ0v) is 44.1. The molecule has 2 rings (SSSR count). The van der Waals surface area contributed by atoms with Crippen LogP contribution in [0, 0.1) is 0 Å². The summed E-state index contributed by atoms with van der Waals surface area (Å²) in [7, 11) is 0. The summed E-state index contributed by atoms with van der Waals surface area (Å²) in [5.41, 5.74) is 0. The van der Waals surface area contributed by atoms with Crippen LogP contribution in [0.5, 0.6) is 0 Å². The zero-order valence-electron chi connectivity index (χ0n) is 44.1. The van der Waals surface area contributed by atoms with Gasteiger partial charge in [0.15, 0.2) is 12.6 Å². The first-order valence-corrected chi connectivity index (χ1v) is 27.1. The number of hydrogen-bond donors (Lipinski definition) is 7. The second-order valence-electron chi connectivity index (χ2n) is 18.3. The highest BCUT2D eigenvalue weighted by Crippen LogP contribution is 2.26. The van der Waals surface area contributed by atoms with Crippen molar-refractivity contribution in [3.8, 4) is 0 Å². The third kappa shape index (κ3) is 31.8. The number of hydrogen-bond acceptors (Lipinski definition) is 14. The summed E-state index contributed by atoms with van der Waals surface area (Å²) in [5.74, 6) is -0.430. The van der Waals surface area contributed by atoms with Crippen molar-refractivity contribution < 1.29 is 69.0 Å². The molecule has 2 aliphatic rings. The highest BCUT2D eigenvalue weighted by atomic mass is 16.7. The normalized spacial score (nSPS) is 25.9. The summed E-state index contributed by atoms with van der Waals surface area (Å²) in [6, 6.07) is 0. The van der Waals surface area contributed by atoms with Crippen LogP contribution in [-0.4, -0.2) is 142 Å². The van der Waals surface area contributed by atoms with Crippen LogP contribution in [0.25, 0.3) is 0 Å². The second-order valence-corrected chi connectivity index (χ2v) is 18.3. The van der Waals surface area contributed by atoms with Crippen molar-refractivity contribution in [1.82, 2.24) is 0 Å². The van der Waals surface area contributed by atoms with E-state index in [0.29, 0.717) is 13.0 Å². The van der Waals surface area contributed by atoms with Crippen molar-refractivity contribution in [1.29, 1.82) is 0 Å². The van der Waals surface area contributed by atoms with Crippen molar-refractivity contribution in [2.24, 2.45) is 0 Å². The molecule has 14 nitrogen and oxygen atoms in total. The van der Waals surface area contributed by atoms with Gasteiger partial charge in [-0.1, -0.05) is 155 Å². The van der Waals surface area contributed by atoms with Gasteiger partial charge in [-0.05, 0) is 103 Å². The molecular formula is C59H94O14. The Hall–Kier alpha value is -3.61. The summed E-state index contributed by atoms with van der Waals surface area (Å²) in [4.78, 5) is 13.0. The van der Waals surface area contributed by atoms with E-state index in [-0.39, 0.29) is 19.6 Å². The van der Waals surface area contributed by atoms with Gasteiger partial charge < -0.3 is 64.2 Å². The fourth-order valence-electron chi connectivity index (χ4n) is 7.63. The molecule has 0 saturated carbocycles. The third-order valence-electron chi connectivity index (χ3n) is 12.0. The maximum absolute atomic E-state index is 13.0. The predicted octanol–water partition coefficient (Wildman–Crippen LogP) is 8.96. The lowest BCUT2D eigenvalue weighted by molar-refractivity contribution is -0.332. The van der Waals surface area contributed by atoms with Crippen LogP contribution in [0.4, 0.5) is 0 Å². The summed E-state index contributed by atoms with van der Waals surface area (Å²) < 4.78 is 34.2. The average Bonchev–Trinajstić information content (AvgIpc) is 3.39. The Morgan fingerprint density at radius 2 is 0.849 bits per heavy atom. The van der Waals surface area contributed by atoms with Gasteiger partial charge in [0.2, 0.25) is 0 Å². The predicted molar refractivity (Wildman–Crippen MR) is 288 cm³/mol. The number of ether oxygens (including phenoxy) is 6. The van der Waals surface area contributed by atoms with Gasteiger partial charge in [-0.15, -0.1) is 0 Å². The molecule has 11 unspecified atom stereocenters. The number of rotatable bonds is 41. The smallest absolute Gasteiger partial charge is 0.306 e. The summed E-state index contributed by atoms with van der Waals surface area (Å²) >= 11 is 0. The molecule has 0 spiro atoms. The SMILES string of the molecule is CC/C=C\C/C=C\C/C=C\C/C=C\C/C=C\C/C=C\CCCCCCCOCC(COC1OC(COC2OC(CO)C(O)C(O)C2O)C(O)C(O)C1O)OC(=O)CCCC/C=C\C/C=C\C/C=C\C/C=C\CC. The first-order valence-electron chi connectivity index (χ1n) is 27.1. The largest absolute Gasteiger partial charge is 0.457 e. The number of carbonyl (C=O) groups excluding carboxylic acids is 1. The zero-order chi connectivity index (χ0) is 53.0. The van der Waals surface area contributed by atoms with E-state index in [2.05, 4.69) is 135 Å². The summed E-state index contributed by atoms with van der Waals surface area (Å²) in [6.45, 7) is 3.31. The van der Waals surface area contributed by atoms with Crippen LogP contribution in [-0.2, 0) is 33.2 Å². The molecule has 73 heavy (non-hydrogen) atoms. The fourth-order valence-corrected chi connectivity index (χ4v) is 7.63. The van der Waals surface area contributed by atoms with E-state index in [9.17, 15) is 40.5 Å². The van der Waals surface area contributed by atoms with Gasteiger partial charge in [-0.25, -0.2) is 0 Å². The van der Waals surface area contributed by atoms with E-state index in [1.807, 2.05) is 0 Å². The number of carbonyl (C=O) groups is 1. The monoisotopic (exact) mass is 1030 g/mol. The molecule has 7 N–H and O–H groups in total. The van der Waals surface area contributed by atoms with E-state index in [0.717, 1.165) is 116 Å². The molecule has 0 aromatic carbocycles. The molecule has 0 amide bonds. The Morgan fingerprint density at radius 1 is 0.452 bits per heavy atom. The Morgan fingerprint density at radius 3 is 1.33 bits per heavy atom. The van der Waals surface area contributed by atoms with Gasteiger partial charge in [-0.2, -0.15) is 0 Å². The van der Waals surface area contributed by atoms with E-state index in [1.54, 1.807) is 0 Å². The van der Waals surface area contributed by atoms with Crippen molar-refractivity contribution in [3.63, 3.8) is 0 Å². The maximum atomic E-state index is 13.0. The first-order chi connectivity index (χ1) is 35.6. The minimum absolute atomic E-state index is 0.0218. The van der Waals surface area contributed by atoms with E-state index >= 15 is 0 Å². The van der Waals surface area contributed by atoms with Gasteiger partial charge in [-0.3, -0.25) is 4.79 Å². The Labute approximate surface area is 437 Å². The highest BCUT2D eigenvalue weighted by molar-refractivity contribution is 5.69. The molecule has 2 heterocycles. The molecule has 11 atom stereocenters.